The van der Waals surface area contributed by atoms with Crippen molar-refractivity contribution in [1.82, 2.24) is 4.98 Å². The molecule has 2 heterocycles. The lowest BCUT2D eigenvalue weighted by Crippen LogP contribution is -2.55. The summed E-state index contributed by atoms with van der Waals surface area (Å²) in [6.45, 7) is 1.87. The van der Waals surface area contributed by atoms with Crippen LogP contribution in [0.25, 0.3) is 0 Å². The molecule has 0 unspecified atom stereocenters. The molecule has 0 atom stereocenters. The van der Waals surface area contributed by atoms with Crippen molar-refractivity contribution in [2.45, 2.75) is 6.04 Å². The van der Waals surface area contributed by atoms with Crippen LogP contribution in [0, 0.1) is 6.20 Å². The van der Waals surface area contributed by atoms with Gasteiger partial charge >= 0.3 is 0 Å². The van der Waals surface area contributed by atoms with Gasteiger partial charge in [0.1, 0.15) is 6.20 Å². The van der Waals surface area contributed by atoms with E-state index < -0.39 is 0 Å². The summed E-state index contributed by atoms with van der Waals surface area (Å²) in [5, 5.41) is 0. The first-order valence-electron chi connectivity index (χ1n) is 3.69. The first kappa shape index (κ1) is 6.61. The molecule has 1 aromatic rings. The lowest BCUT2D eigenvalue weighted by atomic mass is 10.1. The molecule has 11 heavy (non-hydrogen) atoms. The van der Waals surface area contributed by atoms with Crippen LogP contribution in [0.5, 0.6) is 0 Å². The summed E-state index contributed by atoms with van der Waals surface area (Å²) >= 11 is 0. The lowest BCUT2D eigenvalue weighted by molar-refractivity contribution is 0.518. The van der Waals surface area contributed by atoms with Crippen molar-refractivity contribution in [2.75, 3.05) is 18.0 Å². The van der Waals surface area contributed by atoms with Gasteiger partial charge in [0.15, 0.2) is 0 Å². The third-order valence-corrected chi connectivity index (χ3v) is 1.84. The van der Waals surface area contributed by atoms with Crippen LogP contribution < -0.4 is 10.6 Å². The van der Waals surface area contributed by atoms with Gasteiger partial charge in [-0.3, -0.25) is 4.98 Å². The molecular formula is C8H10N3. The highest BCUT2D eigenvalue weighted by Crippen LogP contribution is 2.16. The van der Waals surface area contributed by atoms with Gasteiger partial charge in [0, 0.05) is 25.3 Å². The molecule has 1 fully saturated rings. The Morgan fingerprint density at radius 3 is 3.00 bits per heavy atom. The average Bonchev–Trinajstić information content (AvgIpc) is 2.01. The lowest BCUT2D eigenvalue weighted by Gasteiger charge is -2.38. The molecule has 0 aromatic carbocycles. The minimum Gasteiger partial charge on any atom is -0.366 e. The van der Waals surface area contributed by atoms with Gasteiger partial charge in [0.25, 0.3) is 0 Å². The van der Waals surface area contributed by atoms with Gasteiger partial charge in [-0.05, 0) is 12.1 Å². The molecule has 1 aromatic heterocycles. The van der Waals surface area contributed by atoms with Crippen LogP contribution in [0.2, 0.25) is 0 Å². The van der Waals surface area contributed by atoms with Crippen molar-refractivity contribution >= 4 is 5.69 Å². The Labute approximate surface area is 65.8 Å². The average molecular weight is 148 g/mol. The van der Waals surface area contributed by atoms with Gasteiger partial charge in [0.2, 0.25) is 0 Å². The van der Waals surface area contributed by atoms with Crippen molar-refractivity contribution in [3.8, 4) is 0 Å². The summed E-state index contributed by atoms with van der Waals surface area (Å²) in [5.41, 5.74) is 6.68. The topological polar surface area (TPSA) is 42.1 Å². The van der Waals surface area contributed by atoms with Crippen LogP contribution in [-0.2, 0) is 0 Å². The summed E-state index contributed by atoms with van der Waals surface area (Å²) in [6.07, 6.45) is 4.64. The summed E-state index contributed by atoms with van der Waals surface area (Å²) in [6, 6.07) is 4.25. The van der Waals surface area contributed by atoms with E-state index in [1.54, 1.807) is 6.20 Å². The van der Waals surface area contributed by atoms with Gasteiger partial charge in [-0.1, -0.05) is 0 Å². The van der Waals surface area contributed by atoms with Crippen LogP contribution >= 0.6 is 0 Å². The largest absolute Gasteiger partial charge is 0.366 e. The number of nitrogens with zero attached hydrogens (tertiary/aromatic N) is 2. The highest BCUT2D eigenvalue weighted by molar-refractivity contribution is 5.45. The number of rotatable bonds is 1. The molecule has 0 saturated carbocycles. The Balaban J connectivity index is 2.08. The Hall–Kier alpha value is -1.09. The van der Waals surface area contributed by atoms with E-state index in [0.717, 1.165) is 18.8 Å². The number of hydrogen-bond acceptors (Lipinski definition) is 3. The number of hydrogen-bond donors (Lipinski definition) is 1. The van der Waals surface area contributed by atoms with Crippen molar-refractivity contribution in [3.63, 3.8) is 0 Å². The molecule has 0 amide bonds. The fourth-order valence-corrected chi connectivity index (χ4v) is 1.20. The van der Waals surface area contributed by atoms with Gasteiger partial charge < -0.3 is 10.6 Å². The van der Waals surface area contributed by atoms with Gasteiger partial charge in [0.05, 0.1) is 5.69 Å². The molecule has 57 valence electrons. The van der Waals surface area contributed by atoms with Gasteiger partial charge in [-0.2, -0.15) is 0 Å². The van der Waals surface area contributed by atoms with E-state index in [-0.39, 0.29) is 0 Å². The second kappa shape index (κ2) is 2.51. The molecule has 1 saturated heterocycles. The Morgan fingerprint density at radius 2 is 2.45 bits per heavy atom. The summed E-state index contributed by atoms with van der Waals surface area (Å²) in [7, 11) is 0. The van der Waals surface area contributed by atoms with Gasteiger partial charge in [-0.25, -0.2) is 0 Å². The highest BCUT2D eigenvalue weighted by atomic mass is 15.2. The van der Waals surface area contributed by atoms with Gasteiger partial charge in [-0.15, -0.1) is 0 Å². The van der Waals surface area contributed by atoms with E-state index >= 15 is 0 Å². The fraction of sp³-hybridized carbons (Fsp3) is 0.375. The SMILES string of the molecule is NC1CN(c2[c]nccc2)C1. The second-order valence-electron chi connectivity index (χ2n) is 2.80. The normalized spacial score (nSPS) is 18.1. The van der Waals surface area contributed by atoms with Crippen LogP contribution in [0.4, 0.5) is 5.69 Å². The number of nitrogens with two attached hydrogens (primary N) is 1. The molecule has 3 nitrogen and oxygen atoms in total. The number of aromatic nitrogens is 1. The van der Waals surface area contributed by atoms with Crippen LogP contribution in [0.3, 0.4) is 0 Å². The quantitative estimate of drug-likeness (QED) is 0.611. The summed E-state index contributed by atoms with van der Waals surface area (Å²) in [5.74, 6) is 0. The molecular weight excluding hydrogens is 138 g/mol. The van der Waals surface area contributed by atoms with E-state index in [2.05, 4.69) is 16.1 Å². The maximum absolute atomic E-state index is 5.63. The second-order valence-corrected chi connectivity index (χ2v) is 2.80. The zero-order valence-corrected chi connectivity index (χ0v) is 6.20. The number of pyridine rings is 1. The van der Waals surface area contributed by atoms with Crippen LogP contribution in [0.1, 0.15) is 0 Å². The minimum atomic E-state index is 0.337. The Bertz CT molecular complexity index is 228. The zero-order valence-electron chi connectivity index (χ0n) is 6.20. The van der Waals surface area contributed by atoms with E-state index in [9.17, 15) is 0 Å². The van der Waals surface area contributed by atoms with Crippen molar-refractivity contribution in [1.29, 1.82) is 0 Å². The first-order valence-corrected chi connectivity index (χ1v) is 3.69. The van der Waals surface area contributed by atoms with Crippen LogP contribution in [-0.4, -0.2) is 24.1 Å². The van der Waals surface area contributed by atoms with Crippen molar-refractivity contribution in [2.24, 2.45) is 5.73 Å². The third kappa shape index (κ3) is 1.19. The molecule has 2 rings (SSSR count). The number of anilines is 1. The smallest absolute Gasteiger partial charge is 0.114 e. The molecule has 0 bridgehead atoms. The fourth-order valence-electron chi connectivity index (χ4n) is 1.20. The minimum absolute atomic E-state index is 0.337. The standard InChI is InChI=1S/C8H10N3/c9-7-5-11(6-7)8-2-1-3-10-4-8/h1-3,7H,5-6,9H2. The van der Waals surface area contributed by atoms with E-state index in [1.807, 2.05) is 12.1 Å². The van der Waals surface area contributed by atoms with E-state index in [1.165, 1.54) is 0 Å². The maximum Gasteiger partial charge on any atom is 0.114 e. The molecule has 1 aliphatic heterocycles. The monoisotopic (exact) mass is 148 g/mol. The van der Waals surface area contributed by atoms with Crippen LogP contribution in [0.15, 0.2) is 18.3 Å². The third-order valence-electron chi connectivity index (χ3n) is 1.84. The van der Waals surface area contributed by atoms with E-state index in [0.29, 0.717) is 6.04 Å². The molecule has 1 aliphatic rings. The predicted octanol–water partition coefficient (Wildman–Crippen LogP) is 0.0291. The molecule has 3 heteroatoms. The first-order chi connectivity index (χ1) is 5.36. The summed E-state index contributed by atoms with van der Waals surface area (Å²) < 4.78 is 0. The van der Waals surface area contributed by atoms with Crippen molar-refractivity contribution in [3.05, 3.63) is 24.5 Å². The zero-order chi connectivity index (χ0) is 7.68. The Morgan fingerprint density at radius 1 is 1.64 bits per heavy atom. The molecule has 2 N–H and O–H groups in total. The molecule has 0 spiro atoms. The molecule has 0 aliphatic carbocycles. The Kier molecular flexibility index (Phi) is 1.51. The molecule has 1 radical (unpaired) electrons. The predicted molar refractivity (Wildman–Crippen MR) is 43.3 cm³/mol. The summed E-state index contributed by atoms with van der Waals surface area (Å²) in [4.78, 5) is 6.07. The highest BCUT2D eigenvalue weighted by Gasteiger charge is 2.22. The maximum atomic E-state index is 5.63. The van der Waals surface area contributed by atoms with E-state index in [4.69, 9.17) is 5.73 Å². The van der Waals surface area contributed by atoms with Crippen molar-refractivity contribution < 1.29 is 0 Å².